The van der Waals surface area contributed by atoms with Gasteiger partial charge in [-0.2, -0.15) is 0 Å². The van der Waals surface area contributed by atoms with Crippen LogP contribution in [0.15, 0.2) is 36.7 Å². The number of hydrogen-bond acceptors (Lipinski definition) is 3. The first kappa shape index (κ1) is 16.9. The number of carbonyl (C=O) groups excluding carboxylic acids is 1. The quantitative estimate of drug-likeness (QED) is 0.890. The molecule has 2 aliphatic rings. The largest absolute Gasteiger partial charge is 0.497 e. The Morgan fingerprint density at radius 1 is 1.27 bits per heavy atom. The Kier molecular flexibility index (Phi) is 4.82. The van der Waals surface area contributed by atoms with E-state index in [0.29, 0.717) is 5.92 Å². The van der Waals surface area contributed by atoms with Crippen molar-refractivity contribution in [3.05, 3.63) is 42.5 Å². The molecule has 1 N–H and O–H groups in total. The summed E-state index contributed by atoms with van der Waals surface area (Å²) >= 11 is 0. The van der Waals surface area contributed by atoms with Crippen LogP contribution < -0.4 is 10.1 Å². The van der Waals surface area contributed by atoms with Crippen LogP contribution in [-0.2, 0) is 6.54 Å². The molecule has 4 rings (SSSR count). The third kappa shape index (κ3) is 3.84. The van der Waals surface area contributed by atoms with Crippen LogP contribution in [0, 0.1) is 5.92 Å². The molecule has 0 bridgehead atoms. The third-order valence-electron chi connectivity index (χ3n) is 5.37. The van der Waals surface area contributed by atoms with E-state index in [4.69, 9.17) is 4.74 Å². The first-order chi connectivity index (χ1) is 12.7. The minimum atomic E-state index is -0.0435. The second kappa shape index (κ2) is 7.40. The average molecular weight is 354 g/mol. The molecule has 1 saturated heterocycles. The Morgan fingerprint density at radius 3 is 2.81 bits per heavy atom. The molecule has 2 aromatic rings. The number of nitrogens with one attached hydrogen (secondary N) is 1. The standard InChI is InChI=1S/C20H26N4O2/c1-26-18-4-2-3-17(13-18)22-20(25)23-10-7-16(8-11-23)19-21-9-12-24(19)14-15-5-6-15/h2-4,9,12-13,15-16H,5-8,10-11,14H2,1H3,(H,22,25). The van der Waals surface area contributed by atoms with Gasteiger partial charge < -0.3 is 19.5 Å². The molecule has 1 aliphatic carbocycles. The molecule has 0 spiro atoms. The number of rotatable bonds is 5. The van der Waals surface area contributed by atoms with Crippen molar-refractivity contribution >= 4 is 11.7 Å². The normalized spacial score (nSPS) is 18.0. The summed E-state index contributed by atoms with van der Waals surface area (Å²) in [4.78, 5) is 19.0. The maximum Gasteiger partial charge on any atom is 0.321 e. The molecule has 0 atom stereocenters. The summed E-state index contributed by atoms with van der Waals surface area (Å²) in [5.41, 5.74) is 0.761. The van der Waals surface area contributed by atoms with Crippen molar-refractivity contribution < 1.29 is 9.53 Å². The zero-order valence-electron chi connectivity index (χ0n) is 15.2. The van der Waals surface area contributed by atoms with Crippen LogP contribution >= 0.6 is 0 Å². The van der Waals surface area contributed by atoms with Gasteiger partial charge in [0.2, 0.25) is 0 Å². The first-order valence-electron chi connectivity index (χ1n) is 9.44. The number of nitrogens with zero attached hydrogens (tertiary/aromatic N) is 3. The fraction of sp³-hybridized carbons (Fsp3) is 0.500. The first-order valence-corrected chi connectivity index (χ1v) is 9.44. The number of methoxy groups -OCH3 is 1. The number of amides is 2. The monoisotopic (exact) mass is 354 g/mol. The number of benzene rings is 1. The van der Waals surface area contributed by atoms with E-state index >= 15 is 0 Å². The maximum absolute atomic E-state index is 12.5. The zero-order chi connectivity index (χ0) is 17.9. The summed E-state index contributed by atoms with van der Waals surface area (Å²) in [6.45, 7) is 2.62. The van der Waals surface area contributed by atoms with Gasteiger partial charge in [0.1, 0.15) is 11.6 Å². The lowest BCUT2D eigenvalue weighted by Crippen LogP contribution is -2.41. The molecule has 1 aromatic heterocycles. The minimum Gasteiger partial charge on any atom is -0.497 e. The van der Waals surface area contributed by atoms with Gasteiger partial charge in [0.25, 0.3) is 0 Å². The number of piperidine rings is 1. The van der Waals surface area contributed by atoms with Crippen molar-refractivity contribution in [1.29, 1.82) is 0 Å². The SMILES string of the molecule is COc1cccc(NC(=O)N2CCC(c3nccn3CC3CC3)CC2)c1. The lowest BCUT2D eigenvalue weighted by molar-refractivity contribution is 0.193. The van der Waals surface area contributed by atoms with Crippen LogP contribution in [0.4, 0.5) is 10.5 Å². The maximum atomic E-state index is 12.5. The number of carbonyl (C=O) groups is 1. The molecule has 6 nitrogen and oxygen atoms in total. The highest BCUT2D eigenvalue weighted by molar-refractivity contribution is 5.89. The summed E-state index contributed by atoms with van der Waals surface area (Å²) in [5, 5.41) is 2.97. The van der Waals surface area contributed by atoms with Crippen molar-refractivity contribution in [1.82, 2.24) is 14.5 Å². The van der Waals surface area contributed by atoms with Crippen LogP contribution in [0.2, 0.25) is 0 Å². The van der Waals surface area contributed by atoms with Crippen LogP contribution in [-0.4, -0.2) is 40.7 Å². The van der Waals surface area contributed by atoms with E-state index in [0.717, 1.165) is 49.8 Å². The summed E-state index contributed by atoms with van der Waals surface area (Å²) < 4.78 is 7.53. The number of urea groups is 1. The molecule has 138 valence electrons. The lowest BCUT2D eigenvalue weighted by Gasteiger charge is -2.32. The Labute approximate surface area is 154 Å². The van der Waals surface area contributed by atoms with Gasteiger partial charge >= 0.3 is 6.03 Å². The highest BCUT2D eigenvalue weighted by atomic mass is 16.5. The molecule has 26 heavy (non-hydrogen) atoms. The Morgan fingerprint density at radius 2 is 2.08 bits per heavy atom. The van der Waals surface area contributed by atoms with Crippen LogP contribution in [0.5, 0.6) is 5.75 Å². The lowest BCUT2D eigenvalue weighted by atomic mass is 9.96. The average Bonchev–Trinajstić information content (AvgIpc) is 3.37. The molecule has 2 fully saturated rings. The van der Waals surface area contributed by atoms with E-state index < -0.39 is 0 Å². The highest BCUT2D eigenvalue weighted by Gasteiger charge is 2.28. The van der Waals surface area contributed by atoms with Crippen LogP contribution in [0.3, 0.4) is 0 Å². The Balaban J connectivity index is 1.33. The van der Waals surface area contributed by atoms with Gasteiger partial charge in [-0.15, -0.1) is 0 Å². The molecular weight excluding hydrogens is 328 g/mol. The van der Waals surface area contributed by atoms with E-state index in [1.165, 1.54) is 18.7 Å². The van der Waals surface area contributed by atoms with Gasteiger partial charge in [0, 0.05) is 49.7 Å². The van der Waals surface area contributed by atoms with Gasteiger partial charge in [-0.3, -0.25) is 0 Å². The summed E-state index contributed by atoms with van der Waals surface area (Å²) in [6, 6.07) is 7.41. The molecule has 1 saturated carbocycles. The molecule has 0 unspecified atom stereocenters. The van der Waals surface area contributed by atoms with Crippen molar-refractivity contribution in [2.24, 2.45) is 5.92 Å². The summed E-state index contributed by atoms with van der Waals surface area (Å²) in [6.07, 6.45) is 8.65. The number of anilines is 1. The van der Waals surface area contributed by atoms with Gasteiger partial charge in [0.05, 0.1) is 7.11 Å². The van der Waals surface area contributed by atoms with Crippen LogP contribution in [0.1, 0.15) is 37.4 Å². The molecule has 2 amide bonds. The van der Waals surface area contributed by atoms with Gasteiger partial charge in [-0.1, -0.05) is 6.07 Å². The fourth-order valence-electron chi connectivity index (χ4n) is 3.66. The number of likely N-dealkylation sites (tertiary alicyclic amines) is 1. The predicted molar refractivity (Wildman–Crippen MR) is 101 cm³/mol. The number of ether oxygens (including phenoxy) is 1. The molecule has 0 radical (unpaired) electrons. The van der Waals surface area contributed by atoms with Crippen LogP contribution in [0.25, 0.3) is 0 Å². The number of imidazole rings is 1. The second-order valence-corrected chi connectivity index (χ2v) is 7.30. The van der Waals surface area contributed by atoms with E-state index in [1.807, 2.05) is 35.4 Å². The van der Waals surface area contributed by atoms with Gasteiger partial charge in [-0.25, -0.2) is 9.78 Å². The smallest absolute Gasteiger partial charge is 0.321 e. The Hall–Kier alpha value is -2.50. The third-order valence-corrected chi connectivity index (χ3v) is 5.37. The van der Waals surface area contributed by atoms with E-state index in [9.17, 15) is 4.79 Å². The van der Waals surface area contributed by atoms with Gasteiger partial charge in [0.15, 0.2) is 0 Å². The topological polar surface area (TPSA) is 59.4 Å². The van der Waals surface area contributed by atoms with Crippen molar-refractivity contribution in [3.8, 4) is 5.75 Å². The van der Waals surface area contributed by atoms with E-state index in [2.05, 4.69) is 21.1 Å². The minimum absolute atomic E-state index is 0.0435. The molecule has 1 aromatic carbocycles. The molecular formula is C20H26N4O2. The summed E-state index contributed by atoms with van der Waals surface area (Å²) in [5.74, 6) is 3.23. The molecule has 6 heteroatoms. The number of aromatic nitrogens is 2. The van der Waals surface area contributed by atoms with E-state index in [1.54, 1.807) is 7.11 Å². The van der Waals surface area contributed by atoms with Crippen molar-refractivity contribution in [3.63, 3.8) is 0 Å². The fourth-order valence-corrected chi connectivity index (χ4v) is 3.66. The Bertz CT molecular complexity index is 761. The van der Waals surface area contributed by atoms with E-state index in [-0.39, 0.29) is 6.03 Å². The van der Waals surface area contributed by atoms with Crippen molar-refractivity contribution in [2.75, 3.05) is 25.5 Å². The van der Waals surface area contributed by atoms with Gasteiger partial charge in [-0.05, 0) is 43.7 Å². The highest BCUT2D eigenvalue weighted by Crippen LogP contribution is 2.33. The number of hydrogen-bond donors (Lipinski definition) is 1. The zero-order valence-corrected chi connectivity index (χ0v) is 15.2. The predicted octanol–water partition coefficient (Wildman–Crippen LogP) is 3.71. The molecule has 1 aliphatic heterocycles. The summed E-state index contributed by atoms with van der Waals surface area (Å²) in [7, 11) is 1.62. The second-order valence-electron chi connectivity index (χ2n) is 7.30. The molecule has 2 heterocycles. The van der Waals surface area contributed by atoms with Crippen molar-refractivity contribution in [2.45, 2.75) is 38.1 Å².